The van der Waals surface area contributed by atoms with Crippen LogP contribution in [0, 0.1) is 6.92 Å². The molecule has 1 N–H and O–H groups in total. The summed E-state index contributed by atoms with van der Waals surface area (Å²) in [6, 6.07) is 3.26. The molecule has 0 bridgehead atoms. The maximum Gasteiger partial charge on any atom is 0.305 e. The average Bonchev–Trinajstić information content (AvgIpc) is 2.39. The van der Waals surface area contributed by atoms with Gasteiger partial charge in [0.2, 0.25) is 10.0 Å². The van der Waals surface area contributed by atoms with E-state index < -0.39 is 16.0 Å². The molecule has 1 rings (SSSR count). The first-order valence-electron chi connectivity index (χ1n) is 5.78. The van der Waals surface area contributed by atoms with Crippen LogP contribution in [0.3, 0.4) is 0 Å². The molecule has 0 radical (unpaired) electrons. The van der Waals surface area contributed by atoms with Gasteiger partial charge >= 0.3 is 5.97 Å². The number of carbonyl (C=O) groups is 1. The zero-order valence-corrected chi connectivity index (χ0v) is 13.4. The Hall–Kier alpha value is -0.980. The molecule has 0 saturated carbocycles. The van der Waals surface area contributed by atoms with Gasteiger partial charge in [0.1, 0.15) is 0 Å². The molecule has 112 valence electrons. The molecule has 0 amide bonds. The Kier molecular flexibility index (Phi) is 6.10. The van der Waals surface area contributed by atoms with E-state index in [1.54, 1.807) is 19.1 Å². The third-order valence-electron chi connectivity index (χ3n) is 2.56. The minimum absolute atomic E-state index is 0.0344. The van der Waals surface area contributed by atoms with Crippen molar-refractivity contribution in [1.82, 2.24) is 0 Å². The van der Waals surface area contributed by atoms with Crippen LogP contribution in [0.4, 0.5) is 5.69 Å². The van der Waals surface area contributed by atoms with Crippen molar-refractivity contribution in [1.29, 1.82) is 0 Å². The van der Waals surface area contributed by atoms with E-state index in [1.165, 1.54) is 7.11 Å². The van der Waals surface area contributed by atoms with E-state index in [1.807, 2.05) is 0 Å². The van der Waals surface area contributed by atoms with E-state index in [4.69, 9.17) is 23.2 Å². The fourth-order valence-corrected chi connectivity index (χ4v) is 3.19. The van der Waals surface area contributed by atoms with Crippen LogP contribution in [0.25, 0.3) is 0 Å². The van der Waals surface area contributed by atoms with Crippen molar-refractivity contribution in [2.45, 2.75) is 19.8 Å². The zero-order chi connectivity index (χ0) is 15.3. The fraction of sp³-hybridized carbons (Fsp3) is 0.417. The summed E-state index contributed by atoms with van der Waals surface area (Å²) in [6.45, 7) is 1.74. The Morgan fingerprint density at radius 1 is 1.35 bits per heavy atom. The largest absolute Gasteiger partial charge is 0.469 e. The molecular formula is C12H15Cl2NO4S. The minimum Gasteiger partial charge on any atom is -0.469 e. The molecule has 8 heteroatoms. The molecule has 0 spiro atoms. The lowest BCUT2D eigenvalue weighted by Crippen LogP contribution is -2.18. The summed E-state index contributed by atoms with van der Waals surface area (Å²) in [4.78, 5) is 10.9. The second-order valence-corrected chi connectivity index (χ2v) is 6.78. The summed E-state index contributed by atoms with van der Waals surface area (Å²) in [7, 11) is -2.38. The maximum atomic E-state index is 11.9. The van der Waals surface area contributed by atoms with Gasteiger partial charge in [-0.05, 0) is 25.0 Å². The number of sulfonamides is 1. The quantitative estimate of drug-likeness (QED) is 0.808. The van der Waals surface area contributed by atoms with Crippen LogP contribution in [0.15, 0.2) is 12.1 Å². The SMILES string of the molecule is COC(=O)CCCS(=O)(=O)Nc1c(Cl)ccc(C)c1Cl. The molecule has 0 fully saturated rings. The summed E-state index contributed by atoms with van der Waals surface area (Å²) < 4.78 is 30.6. The van der Waals surface area contributed by atoms with Crippen molar-refractivity contribution < 1.29 is 17.9 Å². The Bertz CT molecular complexity index is 602. The van der Waals surface area contributed by atoms with E-state index in [0.717, 1.165) is 0 Å². The number of hydrogen-bond acceptors (Lipinski definition) is 4. The van der Waals surface area contributed by atoms with Crippen LogP contribution in [0.1, 0.15) is 18.4 Å². The summed E-state index contributed by atoms with van der Waals surface area (Å²) in [6.07, 6.45) is 0.190. The number of carbonyl (C=O) groups excluding carboxylic acids is 1. The van der Waals surface area contributed by atoms with Crippen molar-refractivity contribution in [3.05, 3.63) is 27.7 Å². The molecule has 0 heterocycles. The molecule has 20 heavy (non-hydrogen) atoms. The third kappa shape index (κ3) is 4.85. The predicted molar refractivity (Wildman–Crippen MR) is 79.9 cm³/mol. The van der Waals surface area contributed by atoms with Gasteiger partial charge in [-0.2, -0.15) is 0 Å². The molecule has 0 atom stereocenters. The van der Waals surface area contributed by atoms with Gasteiger partial charge in [-0.1, -0.05) is 29.3 Å². The number of ether oxygens (including phenoxy) is 1. The standard InChI is InChI=1S/C12H15Cl2NO4S/c1-8-5-6-9(13)12(11(8)14)15-20(17,18)7-3-4-10(16)19-2/h5-6,15H,3-4,7H2,1-2H3. The number of esters is 1. The molecule has 0 aliphatic rings. The van der Waals surface area contributed by atoms with Crippen LogP contribution < -0.4 is 4.72 Å². The first-order chi connectivity index (χ1) is 9.26. The lowest BCUT2D eigenvalue weighted by atomic mass is 10.2. The smallest absolute Gasteiger partial charge is 0.305 e. The normalized spacial score (nSPS) is 11.2. The van der Waals surface area contributed by atoms with E-state index in [0.29, 0.717) is 5.56 Å². The van der Waals surface area contributed by atoms with Crippen molar-refractivity contribution in [2.75, 3.05) is 17.6 Å². The first-order valence-corrected chi connectivity index (χ1v) is 8.19. The Morgan fingerprint density at radius 2 is 2.00 bits per heavy atom. The second kappa shape index (κ2) is 7.15. The molecule has 1 aromatic carbocycles. The minimum atomic E-state index is -3.63. The van der Waals surface area contributed by atoms with Gasteiger partial charge in [-0.15, -0.1) is 0 Å². The molecule has 0 saturated heterocycles. The fourth-order valence-electron chi connectivity index (χ4n) is 1.47. The van der Waals surface area contributed by atoms with E-state index in [2.05, 4.69) is 9.46 Å². The monoisotopic (exact) mass is 339 g/mol. The maximum absolute atomic E-state index is 11.9. The van der Waals surface area contributed by atoms with E-state index in [9.17, 15) is 13.2 Å². The van der Waals surface area contributed by atoms with E-state index in [-0.39, 0.29) is 34.3 Å². The van der Waals surface area contributed by atoms with Gasteiger partial charge in [-0.25, -0.2) is 8.42 Å². The highest BCUT2D eigenvalue weighted by atomic mass is 35.5. The van der Waals surface area contributed by atoms with Gasteiger partial charge in [0.15, 0.2) is 0 Å². The number of halogens is 2. The average molecular weight is 340 g/mol. The Morgan fingerprint density at radius 3 is 2.60 bits per heavy atom. The van der Waals surface area contributed by atoms with Gasteiger partial charge in [0.25, 0.3) is 0 Å². The topological polar surface area (TPSA) is 72.5 Å². The highest BCUT2D eigenvalue weighted by Crippen LogP contribution is 2.33. The van der Waals surface area contributed by atoms with Crippen molar-refractivity contribution in [3.63, 3.8) is 0 Å². The lowest BCUT2D eigenvalue weighted by Gasteiger charge is -2.12. The van der Waals surface area contributed by atoms with Gasteiger partial charge in [-0.3, -0.25) is 9.52 Å². The van der Waals surface area contributed by atoms with Crippen molar-refractivity contribution in [2.24, 2.45) is 0 Å². The summed E-state index contributed by atoms with van der Waals surface area (Å²) in [5.41, 5.74) is 0.870. The lowest BCUT2D eigenvalue weighted by molar-refractivity contribution is -0.140. The molecule has 0 aliphatic heterocycles. The predicted octanol–water partition coefficient (Wildman–Crippen LogP) is 3.00. The van der Waals surface area contributed by atoms with Crippen LogP contribution in [0.2, 0.25) is 10.0 Å². The number of hydrogen-bond donors (Lipinski definition) is 1. The molecule has 0 aromatic heterocycles. The van der Waals surface area contributed by atoms with E-state index >= 15 is 0 Å². The highest BCUT2D eigenvalue weighted by Gasteiger charge is 2.17. The zero-order valence-electron chi connectivity index (χ0n) is 11.1. The van der Waals surface area contributed by atoms with Crippen LogP contribution in [-0.2, 0) is 19.6 Å². The summed E-state index contributed by atoms with van der Waals surface area (Å²) in [5, 5.41) is 0.478. The Labute approximate surface area is 128 Å². The van der Waals surface area contributed by atoms with Crippen LogP contribution in [-0.4, -0.2) is 27.2 Å². The number of nitrogens with one attached hydrogen (secondary N) is 1. The summed E-state index contributed by atoms with van der Waals surface area (Å²) in [5.74, 6) is -0.672. The van der Waals surface area contributed by atoms with Crippen LogP contribution >= 0.6 is 23.2 Å². The number of rotatable bonds is 6. The number of benzene rings is 1. The van der Waals surface area contributed by atoms with Crippen molar-refractivity contribution in [3.8, 4) is 0 Å². The first kappa shape index (κ1) is 17.1. The Balaban J connectivity index is 2.77. The van der Waals surface area contributed by atoms with Gasteiger partial charge in [0.05, 0.1) is 28.6 Å². The third-order valence-corrected chi connectivity index (χ3v) is 4.71. The number of methoxy groups -OCH3 is 1. The highest BCUT2D eigenvalue weighted by molar-refractivity contribution is 7.92. The molecule has 1 aromatic rings. The second-order valence-electron chi connectivity index (χ2n) is 4.15. The molecule has 5 nitrogen and oxygen atoms in total. The van der Waals surface area contributed by atoms with Crippen molar-refractivity contribution >= 4 is 44.9 Å². The van der Waals surface area contributed by atoms with Crippen LogP contribution in [0.5, 0.6) is 0 Å². The molecular weight excluding hydrogens is 325 g/mol. The van der Waals surface area contributed by atoms with Gasteiger partial charge in [0, 0.05) is 6.42 Å². The molecule has 0 aliphatic carbocycles. The molecule has 0 unspecified atom stereocenters. The summed E-state index contributed by atoms with van der Waals surface area (Å²) >= 11 is 12.0. The van der Waals surface area contributed by atoms with Gasteiger partial charge < -0.3 is 4.74 Å². The number of anilines is 1. The number of aryl methyl sites for hydroxylation is 1.